The lowest BCUT2D eigenvalue weighted by atomic mass is 10.0. The van der Waals surface area contributed by atoms with Gasteiger partial charge in [-0.2, -0.15) is 0 Å². The third kappa shape index (κ3) is 2.48. The van der Waals surface area contributed by atoms with Crippen LogP contribution in [0.15, 0.2) is 53.3 Å². The van der Waals surface area contributed by atoms with E-state index in [9.17, 15) is 9.90 Å². The van der Waals surface area contributed by atoms with E-state index in [1.54, 1.807) is 25.3 Å². The number of nitrogens with one attached hydrogen (secondary N) is 1. The third-order valence-electron chi connectivity index (χ3n) is 3.51. The van der Waals surface area contributed by atoms with Crippen molar-refractivity contribution in [2.24, 2.45) is 0 Å². The maximum atomic E-state index is 12.2. The molecule has 0 spiro atoms. The summed E-state index contributed by atoms with van der Waals surface area (Å²) in [5.41, 5.74) is 1.66. The molecule has 0 aliphatic carbocycles. The molecule has 2 aromatic carbocycles. The largest absolute Gasteiger partial charge is 0.507 e. The maximum absolute atomic E-state index is 12.2. The average Bonchev–Trinajstić information content (AvgIpc) is 2.52. The monoisotopic (exact) mass is 281 g/mol. The summed E-state index contributed by atoms with van der Waals surface area (Å²) < 4.78 is 5.16. The molecular weight excluding hydrogens is 266 g/mol. The summed E-state index contributed by atoms with van der Waals surface area (Å²) in [4.78, 5) is 15.0. The number of aromatic hydroxyl groups is 1. The minimum Gasteiger partial charge on any atom is -0.507 e. The van der Waals surface area contributed by atoms with Crippen molar-refractivity contribution in [2.75, 3.05) is 7.11 Å². The SMILES string of the molecule is COc1ccc2[nH]c(=O)c(Cc3ccccc3)c(O)c2c1. The number of benzene rings is 2. The van der Waals surface area contributed by atoms with Gasteiger partial charge in [0.1, 0.15) is 11.5 Å². The van der Waals surface area contributed by atoms with E-state index in [-0.39, 0.29) is 11.3 Å². The second kappa shape index (κ2) is 5.32. The summed E-state index contributed by atoms with van der Waals surface area (Å²) in [5.74, 6) is 0.645. The Labute approximate surface area is 121 Å². The molecule has 1 aromatic heterocycles. The van der Waals surface area contributed by atoms with Crippen LogP contribution in [-0.2, 0) is 6.42 Å². The van der Waals surface area contributed by atoms with Crippen LogP contribution in [0.2, 0.25) is 0 Å². The van der Waals surface area contributed by atoms with Gasteiger partial charge >= 0.3 is 0 Å². The standard InChI is InChI=1S/C17H15NO3/c1-21-12-7-8-15-13(10-12)16(19)14(17(20)18-15)9-11-5-3-2-4-6-11/h2-8,10H,9H2,1H3,(H2,18,19,20). The fourth-order valence-corrected chi connectivity index (χ4v) is 2.39. The molecule has 3 rings (SSSR count). The molecule has 0 aliphatic heterocycles. The van der Waals surface area contributed by atoms with Crippen molar-refractivity contribution in [1.29, 1.82) is 0 Å². The normalized spacial score (nSPS) is 10.7. The number of methoxy groups -OCH3 is 1. The van der Waals surface area contributed by atoms with Gasteiger partial charge in [-0.25, -0.2) is 0 Å². The number of fused-ring (bicyclic) bond motifs is 1. The molecule has 2 N–H and O–H groups in total. The van der Waals surface area contributed by atoms with Crippen molar-refractivity contribution in [1.82, 2.24) is 4.98 Å². The second-order valence-electron chi connectivity index (χ2n) is 4.86. The topological polar surface area (TPSA) is 62.3 Å². The number of hydrogen-bond acceptors (Lipinski definition) is 3. The zero-order chi connectivity index (χ0) is 14.8. The first kappa shape index (κ1) is 13.2. The summed E-state index contributed by atoms with van der Waals surface area (Å²) in [6.45, 7) is 0. The van der Waals surface area contributed by atoms with Gasteiger partial charge < -0.3 is 14.8 Å². The minimum absolute atomic E-state index is 0.0107. The number of pyridine rings is 1. The van der Waals surface area contributed by atoms with E-state index in [0.717, 1.165) is 5.56 Å². The number of rotatable bonds is 3. The van der Waals surface area contributed by atoms with Crippen LogP contribution in [-0.4, -0.2) is 17.2 Å². The van der Waals surface area contributed by atoms with Gasteiger partial charge in [-0.1, -0.05) is 30.3 Å². The highest BCUT2D eigenvalue weighted by Gasteiger charge is 2.13. The molecule has 0 aliphatic rings. The minimum atomic E-state index is -0.269. The van der Waals surface area contributed by atoms with E-state index in [1.165, 1.54) is 0 Å². The first-order valence-corrected chi connectivity index (χ1v) is 6.65. The summed E-state index contributed by atoms with van der Waals surface area (Å²) in [6, 6.07) is 14.8. The molecule has 0 bridgehead atoms. The van der Waals surface area contributed by atoms with E-state index >= 15 is 0 Å². The molecule has 0 saturated carbocycles. The van der Waals surface area contributed by atoms with E-state index in [4.69, 9.17) is 4.74 Å². The van der Waals surface area contributed by atoms with Crippen LogP contribution in [0.4, 0.5) is 0 Å². The fourth-order valence-electron chi connectivity index (χ4n) is 2.39. The molecule has 3 aromatic rings. The molecule has 4 heteroatoms. The summed E-state index contributed by atoms with van der Waals surface area (Å²) >= 11 is 0. The Bertz CT molecular complexity index is 838. The Balaban J connectivity index is 2.16. The van der Waals surface area contributed by atoms with Crippen molar-refractivity contribution in [3.8, 4) is 11.5 Å². The quantitative estimate of drug-likeness (QED) is 0.776. The predicted octanol–water partition coefficient (Wildman–Crippen LogP) is 2.83. The second-order valence-corrected chi connectivity index (χ2v) is 4.86. The van der Waals surface area contributed by atoms with E-state index in [0.29, 0.717) is 28.6 Å². The Morgan fingerprint density at radius 2 is 1.90 bits per heavy atom. The first-order valence-electron chi connectivity index (χ1n) is 6.65. The van der Waals surface area contributed by atoms with Gasteiger partial charge in [-0.15, -0.1) is 0 Å². The Morgan fingerprint density at radius 1 is 1.14 bits per heavy atom. The highest BCUT2D eigenvalue weighted by atomic mass is 16.5. The Kier molecular flexibility index (Phi) is 3.36. The molecule has 0 saturated heterocycles. The first-order chi connectivity index (χ1) is 10.2. The fraction of sp³-hybridized carbons (Fsp3) is 0.118. The summed E-state index contributed by atoms with van der Waals surface area (Å²) in [7, 11) is 1.56. The molecule has 0 amide bonds. The van der Waals surface area contributed by atoms with Gasteiger partial charge in [-0.3, -0.25) is 4.79 Å². The Hall–Kier alpha value is -2.75. The van der Waals surface area contributed by atoms with Crippen molar-refractivity contribution in [3.05, 3.63) is 70.0 Å². The van der Waals surface area contributed by atoms with Crippen molar-refractivity contribution < 1.29 is 9.84 Å². The molecule has 0 atom stereocenters. The summed E-state index contributed by atoms with van der Waals surface area (Å²) in [5, 5.41) is 11.0. The van der Waals surface area contributed by atoms with E-state index in [1.807, 2.05) is 30.3 Å². The highest BCUT2D eigenvalue weighted by molar-refractivity contribution is 5.87. The zero-order valence-electron chi connectivity index (χ0n) is 11.6. The smallest absolute Gasteiger partial charge is 0.255 e. The van der Waals surface area contributed by atoms with Crippen LogP contribution >= 0.6 is 0 Å². The average molecular weight is 281 g/mol. The van der Waals surface area contributed by atoms with Gasteiger partial charge in [0, 0.05) is 11.8 Å². The molecule has 106 valence electrons. The van der Waals surface area contributed by atoms with Crippen molar-refractivity contribution >= 4 is 10.9 Å². The lowest BCUT2D eigenvalue weighted by Crippen LogP contribution is -2.13. The van der Waals surface area contributed by atoms with Crippen LogP contribution < -0.4 is 10.3 Å². The molecule has 0 fully saturated rings. The van der Waals surface area contributed by atoms with Gasteiger partial charge in [0.25, 0.3) is 5.56 Å². The van der Waals surface area contributed by atoms with Gasteiger partial charge in [0.2, 0.25) is 0 Å². The number of aromatic nitrogens is 1. The summed E-state index contributed by atoms with van der Waals surface area (Å²) in [6.07, 6.45) is 0.384. The lowest BCUT2D eigenvalue weighted by molar-refractivity contribution is 0.415. The van der Waals surface area contributed by atoms with E-state index < -0.39 is 0 Å². The lowest BCUT2D eigenvalue weighted by Gasteiger charge is -2.09. The van der Waals surface area contributed by atoms with Crippen LogP contribution in [0, 0.1) is 0 Å². The molecular formula is C17H15NO3. The third-order valence-corrected chi connectivity index (χ3v) is 3.51. The molecule has 4 nitrogen and oxygen atoms in total. The van der Waals surface area contributed by atoms with Gasteiger partial charge in [0.05, 0.1) is 18.2 Å². The maximum Gasteiger partial charge on any atom is 0.255 e. The van der Waals surface area contributed by atoms with Crippen LogP contribution in [0.1, 0.15) is 11.1 Å². The van der Waals surface area contributed by atoms with Crippen LogP contribution in [0.5, 0.6) is 11.5 Å². The number of aromatic amines is 1. The van der Waals surface area contributed by atoms with Crippen LogP contribution in [0.3, 0.4) is 0 Å². The number of hydrogen-bond donors (Lipinski definition) is 2. The predicted molar refractivity (Wildman–Crippen MR) is 82.0 cm³/mol. The van der Waals surface area contributed by atoms with Gasteiger partial charge in [0.15, 0.2) is 0 Å². The van der Waals surface area contributed by atoms with Gasteiger partial charge in [-0.05, 0) is 23.8 Å². The Morgan fingerprint density at radius 3 is 2.62 bits per heavy atom. The molecule has 0 radical (unpaired) electrons. The molecule has 21 heavy (non-hydrogen) atoms. The zero-order valence-corrected chi connectivity index (χ0v) is 11.6. The number of H-pyrrole nitrogens is 1. The van der Waals surface area contributed by atoms with Crippen molar-refractivity contribution in [3.63, 3.8) is 0 Å². The highest BCUT2D eigenvalue weighted by Crippen LogP contribution is 2.29. The van der Waals surface area contributed by atoms with E-state index in [2.05, 4.69) is 4.98 Å². The molecule has 1 heterocycles. The number of ether oxygens (including phenoxy) is 1. The van der Waals surface area contributed by atoms with Crippen molar-refractivity contribution in [2.45, 2.75) is 6.42 Å². The van der Waals surface area contributed by atoms with Crippen LogP contribution in [0.25, 0.3) is 10.9 Å². The molecule has 0 unspecified atom stereocenters.